The molecule has 0 unspecified atom stereocenters. The molecular weight excluding hydrogens is 418 g/mol. The van der Waals surface area contributed by atoms with Gasteiger partial charge < -0.3 is 15.0 Å². The number of rotatable bonds is 5. The van der Waals surface area contributed by atoms with Gasteiger partial charge in [-0.2, -0.15) is 0 Å². The molecule has 0 aliphatic heterocycles. The Bertz CT molecular complexity index is 1340. The molecule has 0 aliphatic rings. The molecule has 11 heteroatoms. The minimum Gasteiger partial charge on any atom is -0.480 e. The molecular formula is C18H14ClN5O4S. The molecule has 0 saturated carbocycles. The molecule has 0 spiro atoms. The quantitative estimate of drug-likeness (QED) is 0.445. The highest BCUT2D eigenvalue weighted by molar-refractivity contribution is 7.99. The Morgan fingerprint density at radius 3 is 2.93 bits per heavy atom. The standard InChI is InChI=1S/C18H14ClN5O4S/c1-23-7-10(19)9-3-2-4-12(16(9)23)29-13-5-11(25)15(17-21-8-22-24(13)17)18(28)20-6-14(26)27/h2-5,7-8H,6H2,1H3,(H,20,28)(H,21,22)(H,26,27). The first-order chi connectivity index (χ1) is 13.9. The molecule has 0 aliphatic carbocycles. The van der Waals surface area contributed by atoms with Crippen LogP contribution in [-0.4, -0.2) is 42.7 Å². The lowest BCUT2D eigenvalue weighted by Crippen LogP contribution is -2.33. The van der Waals surface area contributed by atoms with Gasteiger partial charge in [-0.15, -0.1) is 0 Å². The van der Waals surface area contributed by atoms with Crippen molar-refractivity contribution in [2.75, 3.05) is 6.54 Å². The molecule has 0 radical (unpaired) electrons. The second-order valence-corrected chi connectivity index (χ2v) is 7.66. The number of amides is 1. The van der Waals surface area contributed by atoms with Gasteiger partial charge in [0.15, 0.2) is 11.1 Å². The first-order valence-corrected chi connectivity index (χ1v) is 9.57. The van der Waals surface area contributed by atoms with Crippen LogP contribution < -0.4 is 10.7 Å². The molecule has 3 aromatic heterocycles. The second kappa shape index (κ2) is 7.30. The van der Waals surface area contributed by atoms with E-state index in [0.29, 0.717) is 10.0 Å². The van der Waals surface area contributed by atoms with E-state index in [1.54, 1.807) is 0 Å². The Morgan fingerprint density at radius 2 is 2.17 bits per heavy atom. The lowest BCUT2D eigenvalue weighted by atomic mass is 10.2. The summed E-state index contributed by atoms with van der Waals surface area (Å²) in [6.45, 7) is -0.596. The minimum atomic E-state index is -1.21. The molecule has 0 bridgehead atoms. The van der Waals surface area contributed by atoms with E-state index in [2.05, 4.69) is 15.4 Å². The number of hydrogen-bond donors (Lipinski definition) is 3. The van der Waals surface area contributed by atoms with E-state index in [0.717, 1.165) is 15.8 Å². The van der Waals surface area contributed by atoms with Crippen molar-refractivity contribution in [1.29, 1.82) is 0 Å². The highest BCUT2D eigenvalue weighted by atomic mass is 35.5. The lowest BCUT2D eigenvalue weighted by Gasteiger charge is -2.09. The van der Waals surface area contributed by atoms with Crippen LogP contribution in [0.1, 0.15) is 10.4 Å². The van der Waals surface area contributed by atoms with Crippen LogP contribution in [0.5, 0.6) is 0 Å². The van der Waals surface area contributed by atoms with Crippen molar-refractivity contribution < 1.29 is 14.7 Å². The first-order valence-electron chi connectivity index (χ1n) is 8.37. The zero-order chi connectivity index (χ0) is 20.7. The summed E-state index contributed by atoms with van der Waals surface area (Å²) in [7, 11) is 1.88. The summed E-state index contributed by atoms with van der Waals surface area (Å²) in [6.07, 6.45) is 3.16. The number of benzene rings is 1. The fraction of sp³-hybridized carbons (Fsp3) is 0.111. The zero-order valence-electron chi connectivity index (χ0n) is 15.0. The number of para-hydroxylation sites is 1. The van der Waals surface area contributed by atoms with Crippen LogP contribution in [0.4, 0.5) is 0 Å². The molecule has 4 rings (SSSR count). The number of pyridine rings is 1. The number of carboxylic acid groups (broad SMARTS) is 1. The van der Waals surface area contributed by atoms with Gasteiger partial charge in [0.1, 0.15) is 23.5 Å². The van der Waals surface area contributed by atoms with E-state index in [9.17, 15) is 14.4 Å². The van der Waals surface area contributed by atoms with Gasteiger partial charge >= 0.3 is 5.97 Å². The van der Waals surface area contributed by atoms with Gasteiger partial charge in [0.25, 0.3) is 5.91 Å². The van der Waals surface area contributed by atoms with Crippen molar-refractivity contribution >= 4 is 51.8 Å². The number of aliphatic carboxylic acids is 1. The van der Waals surface area contributed by atoms with Crippen LogP contribution in [0.2, 0.25) is 5.02 Å². The number of aryl methyl sites for hydroxylation is 1. The van der Waals surface area contributed by atoms with Gasteiger partial charge in [0.2, 0.25) is 0 Å². The summed E-state index contributed by atoms with van der Waals surface area (Å²) in [5, 5.41) is 15.8. The Labute approximate surface area is 172 Å². The Balaban J connectivity index is 1.80. The number of aromatic nitrogens is 4. The number of carbonyl (C=O) groups excluding carboxylic acids is 1. The van der Waals surface area contributed by atoms with Crippen molar-refractivity contribution in [2.24, 2.45) is 7.05 Å². The highest BCUT2D eigenvalue weighted by Gasteiger charge is 2.20. The number of fused-ring (bicyclic) bond motifs is 2. The highest BCUT2D eigenvalue weighted by Crippen LogP contribution is 2.36. The summed E-state index contributed by atoms with van der Waals surface area (Å²) in [4.78, 5) is 40.6. The average molecular weight is 432 g/mol. The molecule has 1 amide bonds. The molecule has 1 aromatic carbocycles. The number of H-pyrrole nitrogens is 1. The van der Waals surface area contributed by atoms with Gasteiger partial charge in [0, 0.05) is 29.6 Å². The van der Waals surface area contributed by atoms with E-state index >= 15 is 0 Å². The minimum absolute atomic E-state index is 0.111. The molecule has 3 N–H and O–H groups in total. The van der Waals surface area contributed by atoms with Crippen LogP contribution in [0.25, 0.3) is 16.6 Å². The van der Waals surface area contributed by atoms with Gasteiger partial charge in [-0.3, -0.25) is 19.5 Å². The fourth-order valence-electron chi connectivity index (χ4n) is 3.08. The molecule has 9 nitrogen and oxygen atoms in total. The second-order valence-electron chi connectivity index (χ2n) is 6.19. The summed E-state index contributed by atoms with van der Waals surface area (Å²) < 4.78 is 3.41. The fourth-order valence-corrected chi connectivity index (χ4v) is 4.50. The molecule has 0 fully saturated rings. The summed E-state index contributed by atoms with van der Waals surface area (Å²) in [6, 6.07) is 7.01. The number of carboxylic acids is 1. The topological polar surface area (TPSA) is 121 Å². The van der Waals surface area contributed by atoms with E-state index in [-0.39, 0.29) is 11.2 Å². The van der Waals surface area contributed by atoms with Gasteiger partial charge in [-0.05, 0) is 6.07 Å². The number of carbonyl (C=O) groups is 2. The van der Waals surface area contributed by atoms with E-state index in [1.165, 1.54) is 28.7 Å². The molecule has 29 heavy (non-hydrogen) atoms. The number of halogens is 1. The number of nitrogens with one attached hydrogen (secondary N) is 2. The predicted molar refractivity (Wildman–Crippen MR) is 108 cm³/mol. The van der Waals surface area contributed by atoms with Crippen LogP contribution in [0, 0.1) is 0 Å². The Kier molecular flexibility index (Phi) is 4.81. The third-order valence-corrected chi connectivity index (χ3v) is 5.65. The Morgan fingerprint density at radius 1 is 1.38 bits per heavy atom. The normalized spacial score (nSPS) is 11.2. The van der Waals surface area contributed by atoms with Crippen LogP contribution in [-0.2, 0) is 11.8 Å². The largest absolute Gasteiger partial charge is 0.480 e. The maximum absolute atomic E-state index is 12.6. The number of aromatic amines is 1. The van der Waals surface area contributed by atoms with Gasteiger partial charge in [-0.1, -0.05) is 35.5 Å². The van der Waals surface area contributed by atoms with Crippen molar-refractivity contribution in [3.63, 3.8) is 0 Å². The summed E-state index contributed by atoms with van der Waals surface area (Å²) in [5.41, 5.74) is 0.239. The monoisotopic (exact) mass is 431 g/mol. The molecule has 0 saturated heterocycles. The number of nitrogens with zero attached hydrogens (tertiary/aromatic N) is 3. The van der Waals surface area contributed by atoms with E-state index < -0.39 is 23.9 Å². The third kappa shape index (κ3) is 3.36. The first kappa shape index (κ1) is 19.1. The smallest absolute Gasteiger partial charge is 0.322 e. The van der Waals surface area contributed by atoms with Crippen molar-refractivity contribution in [3.05, 3.63) is 57.6 Å². The van der Waals surface area contributed by atoms with Crippen molar-refractivity contribution in [3.8, 4) is 0 Å². The van der Waals surface area contributed by atoms with E-state index in [1.807, 2.05) is 36.0 Å². The van der Waals surface area contributed by atoms with E-state index in [4.69, 9.17) is 16.7 Å². The van der Waals surface area contributed by atoms with Gasteiger partial charge in [-0.25, -0.2) is 9.50 Å². The average Bonchev–Trinajstić information content (AvgIpc) is 3.25. The summed E-state index contributed by atoms with van der Waals surface area (Å²) >= 11 is 7.59. The number of hydrogen-bond acceptors (Lipinski definition) is 5. The molecule has 4 aromatic rings. The molecule has 3 heterocycles. The van der Waals surface area contributed by atoms with Crippen molar-refractivity contribution in [1.82, 2.24) is 24.5 Å². The van der Waals surface area contributed by atoms with Crippen molar-refractivity contribution in [2.45, 2.75) is 9.92 Å². The van der Waals surface area contributed by atoms with Gasteiger partial charge in [0.05, 0.1) is 10.5 Å². The Hall–Kier alpha value is -3.24. The third-order valence-electron chi connectivity index (χ3n) is 4.29. The van der Waals surface area contributed by atoms with Crippen LogP contribution in [0.15, 0.2) is 51.5 Å². The zero-order valence-corrected chi connectivity index (χ0v) is 16.5. The molecule has 148 valence electrons. The maximum atomic E-state index is 12.6. The predicted octanol–water partition coefficient (Wildman–Crippen LogP) is 2.13. The summed E-state index contributed by atoms with van der Waals surface area (Å²) in [5.74, 6) is -2.01. The SMILES string of the molecule is Cn1cc(Cl)c2cccc(Sc3cc(=O)c(C(=O)NCC(=O)O)c4nc[nH]n34)c21. The molecule has 0 atom stereocenters. The lowest BCUT2D eigenvalue weighted by molar-refractivity contribution is -0.135. The van der Waals surface area contributed by atoms with Crippen LogP contribution in [0.3, 0.4) is 0 Å². The maximum Gasteiger partial charge on any atom is 0.322 e. The van der Waals surface area contributed by atoms with Crippen LogP contribution >= 0.6 is 23.4 Å².